The maximum absolute atomic E-state index is 13.1. The third kappa shape index (κ3) is 4.13. The minimum absolute atomic E-state index is 0.0421. The molecule has 0 saturated heterocycles. The van der Waals surface area contributed by atoms with Crippen LogP contribution in [0.15, 0.2) is 67.4 Å². The molecular weight excluding hydrogens is 424 g/mol. The Morgan fingerprint density at radius 1 is 1.06 bits per heavy atom. The Morgan fingerprint density at radius 2 is 1.88 bits per heavy atom. The van der Waals surface area contributed by atoms with Gasteiger partial charge >= 0.3 is 0 Å². The van der Waals surface area contributed by atoms with E-state index in [1.54, 1.807) is 62.2 Å². The lowest BCUT2D eigenvalue weighted by molar-refractivity contribution is -0.120. The average Bonchev–Trinajstić information content (AvgIpc) is 2.95. The van der Waals surface area contributed by atoms with E-state index in [2.05, 4.69) is 25.3 Å². The second-order valence-corrected chi connectivity index (χ2v) is 7.27. The maximum Gasteiger partial charge on any atom is 0.270 e. The Hall–Kier alpha value is -4.60. The van der Waals surface area contributed by atoms with Gasteiger partial charge < -0.3 is 19.7 Å². The van der Waals surface area contributed by atoms with Crippen molar-refractivity contribution >= 4 is 28.5 Å². The molecule has 1 aliphatic rings. The van der Waals surface area contributed by atoms with Crippen molar-refractivity contribution in [3.05, 3.63) is 73.1 Å². The summed E-state index contributed by atoms with van der Waals surface area (Å²) in [6.45, 7) is -0.0421. The highest BCUT2D eigenvalue weighted by Crippen LogP contribution is 2.33. The number of amides is 2. The molecule has 0 bridgehead atoms. The molecule has 33 heavy (non-hydrogen) atoms. The van der Waals surface area contributed by atoms with Gasteiger partial charge in [-0.3, -0.25) is 29.5 Å². The molecule has 10 nitrogen and oxygen atoms in total. The zero-order valence-corrected chi connectivity index (χ0v) is 17.5. The lowest BCUT2D eigenvalue weighted by Crippen LogP contribution is -2.49. The SMILES string of the molecule is CN1C(=O)[C@@H](NC(=O)c2cc(Oc3cccnc3)ccn2)COc2cc3nccnc3cc21. The second kappa shape index (κ2) is 8.50. The number of fused-ring (bicyclic) bond motifs is 2. The summed E-state index contributed by atoms with van der Waals surface area (Å²) in [6.07, 6.45) is 7.82. The molecule has 2 amide bonds. The van der Waals surface area contributed by atoms with E-state index in [4.69, 9.17) is 9.47 Å². The van der Waals surface area contributed by atoms with E-state index in [9.17, 15) is 9.59 Å². The summed E-state index contributed by atoms with van der Waals surface area (Å²) in [7, 11) is 1.62. The molecule has 4 heterocycles. The van der Waals surface area contributed by atoms with E-state index in [0.29, 0.717) is 34.0 Å². The number of ether oxygens (including phenoxy) is 2. The molecule has 0 aliphatic carbocycles. The Bertz CT molecular complexity index is 1350. The number of pyridine rings is 2. The van der Waals surface area contributed by atoms with Crippen LogP contribution in [0.4, 0.5) is 5.69 Å². The predicted molar refractivity (Wildman–Crippen MR) is 118 cm³/mol. The van der Waals surface area contributed by atoms with Crippen LogP contribution in [0.3, 0.4) is 0 Å². The molecular formula is C23H18N6O4. The first kappa shape index (κ1) is 20.3. The van der Waals surface area contributed by atoms with E-state index in [1.165, 1.54) is 17.2 Å². The lowest BCUT2D eigenvalue weighted by Gasteiger charge is -2.20. The van der Waals surface area contributed by atoms with Crippen molar-refractivity contribution in [1.29, 1.82) is 0 Å². The molecule has 10 heteroatoms. The highest BCUT2D eigenvalue weighted by molar-refractivity contribution is 6.04. The number of hydrogen-bond acceptors (Lipinski definition) is 8. The van der Waals surface area contributed by atoms with Crippen molar-refractivity contribution in [1.82, 2.24) is 25.3 Å². The summed E-state index contributed by atoms with van der Waals surface area (Å²) in [5.41, 5.74) is 1.94. The summed E-state index contributed by atoms with van der Waals surface area (Å²) >= 11 is 0. The van der Waals surface area contributed by atoms with Gasteiger partial charge in [-0.15, -0.1) is 0 Å². The van der Waals surface area contributed by atoms with Gasteiger partial charge in [0, 0.05) is 44.0 Å². The molecule has 0 saturated carbocycles. The third-order valence-corrected chi connectivity index (χ3v) is 5.09. The molecule has 1 aliphatic heterocycles. The molecule has 4 aromatic rings. The summed E-state index contributed by atoms with van der Waals surface area (Å²) in [4.78, 5) is 44.0. The van der Waals surface area contributed by atoms with Crippen LogP contribution >= 0.6 is 0 Å². The first-order chi connectivity index (χ1) is 16.1. The summed E-state index contributed by atoms with van der Waals surface area (Å²) in [5, 5.41) is 2.71. The number of nitrogens with zero attached hydrogens (tertiary/aromatic N) is 5. The molecule has 1 aromatic carbocycles. The van der Waals surface area contributed by atoms with Crippen LogP contribution in [0.1, 0.15) is 10.5 Å². The number of carbonyl (C=O) groups is 2. The monoisotopic (exact) mass is 442 g/mol. The maximum atomic E-state index is 13.1. The number of anilines is 1. The van der Waals surface area contributed by atoms with E-state index in [-0.39, 0.29) is 18.2 Å². The first-order valence-corrected chi connectivity index (χ1v) is 10.1. The predicted octanol–water partition coefficient (Wildman–Crippen LogP) is 2.37. The van der Waals surface area contributed by atoms with Gasteiger partial charge in [0.2, 0.25) is 0 Å². The standard InChI is InChI=1S/C23H18N6O4/c1-29-20-10-16-17(27-8-7-26-16)11-21(20)32-13-19(23(29)31)28-22(30)18-9-14(4-6-25-18)33-15-3-2-5-24-12-15/h2-12,19H,13H2,1H3,(H,28,30)/t19-/m0/s1. The minimum Gasteiger partial charge on any atom is -0.489 e. The summed E-state index contributed by atoms with van der Waals surface area (Å²) in [5.74, 6) is 0.580. The molecule has 0 radical (unpaired) electrons. The largest absolute Gasteiger partial charge is 0.489 e. The minimum atomic E-state index is -0.913. The lowest BCUT2D eigenvalue weighted by atomic mass is 10.2. The van der Waals surface area contributed by atoms with Gasteiger partial charge in [0.25, 0.3) is 11.8 Å². The van der Waals surface area contributed by atoms with Crippen molar-refractivity contribution in [2.24, 2.45) is 0 Å². The molecule has 1 N–H and O–H groups in total. The number of likely N-dealkylation sites (N-methyl/N-ethyl adjacent to an activating group) is 1. The Morgan fingerprint density at radius 3 is 2.67 bits per heavy atom. The van der Waals surface area contributed by atoms with Crippen LogP contribution in [-0.4, -0.2) is 51.4 Å². The van der Waals surface area contributed by atoms with Crippen molar-refractivity contribution in [3.8, 4) is 17.2 Å². The van der Waals surface area contributed by atoms with Gasteiger partial charge in [0.15, 0.2) is 0 Å². The van der Waals surface area contributed by atoms with Crippen molar-refractivity contribution in [2.75, 3.05) is 18.6 Å². The quantitative estimate of drug-likeness (QED) is 0.512. The second-order valence-electron chi connectivity index (χ2n) is 7.27. The molecule has 5 rings (SSSR count). The fourth-order valence-corrected chi connectivity index (χ4v) is 3.43. The van der Waals surface area contributed by atoms with Crippen LogP contribution in [0.5, 0.6) is 17.2 Å². The van der Waals surface area contributed by atoms with Gasteiger partial charge in [0.05, 0.1) is 22.9 Å². The number of carbonyl (C=O) groups excluding carboxylic acids is 2. The van der Waals surface area contributed by atoms with Gasteiger partial charge in [0.1, 0.15) is 35.6 Å². The van der Waals surface area contributed by atoms with Crippen LogP contribution in [-0.2, 0) is 4.79 Å². The number of rotatable bonds is 4. The Kier molecular flexibility index (Phi) is 5.23. The van der Waals surface area contributed by atoms with Crippen LogP contribution in [0, 0.1) is 0 Å². The van der Waals surface area contributed by atoms with Crippen molar-refractivity contribution in [2.45, 2.75) is 6.04 Å². The fraction of sp³-hybridized carbons (Fsp3) is 0.130. The zero-order chi connectivity index (χ0) is 22.8. The van der Waals surface area contributed by atoms with Crippen LogP contribution in [0.25, 0.3) is 11.0 Å². The fourth-order valence-electron chi connectivity index (χ4n) is 3.43. The Balaban J connectivity index is 1.34. The van der Waals surface area contributed by atoms with Gasteiger partial charge in [-0.25, -0.2) is 0 Å². The smallest absolute Gasteiger partial charge is 0.270 e. The van der Waals surface area contributed by atoms with E-state index >= 15 is 0 Å². The number of hydrogen-bond donors (Lipinski definition) is 1. The van der Waals surface area contributed by atoms with Crippen LogP contribution in [0.2, 0.25) is 0 Å². The molecule has 0 fully saturated rings. The van der Waals surface area contributed by atoms with Crippen LogP contribution < -0.4 is 19.7 Å². The topological polar surface area (TPSA) is 119 Å². The summed E-state index contributed by atoms with van der Waals surface area (Å²) in [6, 6.07) is 9.16. The normalized spacial score (nSPS) is 15.4. The van der Waals surface area contributed by atoms with E-state index in [0.717, 1.165) is 0 Å². The molecule has 164 valence electrons. The van der Waals surface area contributed by atoms with Crippen molar-refractivity contribution in [3.63, 3.8) is 0 Å². The number of aromatic nitrogens is 4. The Labute approximate surface area is 188 Å². The molecule has 1 atom stereocenters. The van der Waals surface area contributed by atoms with Crippen molar-refractivity contribution < 1.29 is 19.1 Å². The molecule has 0 spiro atoms. The number of benzene rings is 1. The molecule has 3 aromatic heterocycles. The van der Waals surface area contributed by atoms with E-state index < -0.39 is 11.9 Å². The summed E-state index contributed by atoms with van der Waals surface area (Å²) < 4.78 is 11.6. The average molecular weight is 442 g/mol. The van der Waals surface area contributed by atoms with E-state index in [1.807, 2.05) is 0 Å². The molecule has 0 unspecified atom stereocenters. The van der Waals surface area contributed by atoms with Gasteiger partial charge in [-0.05, 0) is 24.3 Å². The van der Waals surface area contributed by atoms with Gasteiger partial charge in [-0.2, -0.15) is 0 Å². The third-order valence-electron chi connectivity index (χ3n) is 5.09. The zero-order valence-electron chi connectivity index (χ0n) is 17.5. The van der Waals surface area contributed by atoms with Gasteiger partial charge in [-0.1, -0.05) is 0 Å². The number of nitrogens with one attached hydrogen (secondary N) is 1. The first-order valence-electron chi connectivity index (χ1n) is 10.1. The highest BCUT2D eigenvalue weighted by Gasteiger charge is 2.31. The highest BCUT2D eigenvalue weighted by atomic mass is 16.5.